The number of carbonyl (C=O) groups excluding carboxylic acids is 2. The average Bonchev–Trinajstić information content (AvgIpc) is 3.42. The zero-order chi connectivity index (χ0) is 21.4. The van der Waals surface area contributed by atoms with Crippen LogP contribution >= 0.6 is 11.3 Å². The maximum absolute atomic E-state index is 13.2. The lowest BCUT2D eigenvalue weighted by molar-refractivity contribution is -0.137. The molecule has 1 aromatic carbocycles. The van der Waals surface area contributed by atoms with E-state index in [1.807, 2.05) is 38.9 Å². The normalized spacial score (nSPS) is 19.8. The van der Waals surface area contributed by atoms with Crippen LogP contribution in [-0.2, 0) is 11.8 Å². The summed E-state index contributed by atoms with van der Waals surface area (Å²) >= 11 is 1.65. The number of likely N-dealkylation sites (tertiary alicyclic amines) is 1. The number of nitrogens with zero attached hydrogens (tertiary/aromatic N) is 4. The van der Waals surface area contributed by atoms with Gasteiger partial charge < -0.3 is 19.3 Å². The van der Waals surface area contributed by atoms with Crippen LogP contribution in [0.5, 0.6) is 0 Å². The molecule has 0 bridgehead atoms. The molecule has 0 spiro atoms. The Kier molecular flexibility index (Phi) is 5.44. The lowest BCUT2D eigenvalue weighted by Gasteiger charge is -2.39. The lowest BCUT2D eigenvalue weighted by Crippen LogP contribution is -2.53. The summed E-state index contributed by atoms with van der Waals surface area (Å²) in [6, 6.07) is 14.4. The molecule has 0 radical (unpaired) electrons. The number of benzene rings is 1. The van der Waals surface area contributed by atoms with Crippen molar-refractivity contribution >= 4 is 39.1 Å². The highest BCUT2D eigenvalue weighted by molar-refractivity contribution is 7.17. The number of hydrogen-bond donors (Lipinski definition) is 0. The number of aromatic nitrogens is 1. The first-order valence-corrected chi connectivity index (χ1v) is 11.9. The molecule has 6 nitrogen and oxygen atoms in total. The summed E-state index contributed by atoms with van der Waals surface area (Å²) in [6.07, 6.45) is 1.74. The van der Waals surface area contributed by atoms with Gasteiger partial charge >= 0.3 is 0 Å². The summed E-state index contributed by atoms with van der Waals surface area (Å²) < 4.78 is 3.11. The number of hydrogen-bond acceptors (Lipinski definition) is 4. The molecule has 1 atom stereocenters. The summed E-state index contributed by atoms with van der Waals surface area (Å²) in [7, 11) is 1.95. The Hall–Kier alpha value is -2.80. The molecule has 2 aliphatic heterocycles. The molecule has 0 aliphatic carbocycles. The van der Waals surface area contributed by atoms with Gasteiger partial charge in [-0.25, -0.2) is 0 Å². The number of thiophene rings is 1. The van der Waals surface area contributed by atoms with Crippen LogP contribution in [0.4, 0.5) is 5.69 Å². The highest BCUT2D eigenvalue weighted by atomic mass is 32.1. The number of fused-ring (bicyclic) bond motifs is 1. The predicted octanol–water partition coefficient (Wildman–Crippen LogP) is 3.44. The first kappa shape index (κ1) is 20.1. The number of para-hydroxylation sites is 1. The molecule has 2 amide bonds. The summed E-state index contributed by atoms with van der Waals surface area (Å²) in [4.78, 5) is 32.7. The van der Waals surface area contributed by atoms with Crippen LogP contribution < -0.4 is 4.90 Å². The van der Waals surface area contributed by atoms with Crippen molar-refractivity contribution in [3.05, 3.63) is 53.5 Å². The maximum atomic E-state index is 13.2. The minimum absolute atomic E-state index is 0.0392. The Morgan fingerprint density at radius 1 is 0.968 bits per heavy atom. The monoisotopic (exact) mass is 436 g/mol. The summed E-state index contributed by atoms with van der Waals surface area (Å²) in [5, 5.41) is 2.05. The number of carbonyl (C=O) groups is 2. The van der Waals surface area contributed by atoms with Gasteiger partial charge in [-0.3, -0.25) is 9.59 Å². The molecule has 4 heterocycles. The first-order valence-electron chi connectivity index (χ1n) is 11.0. The zero-order valence-electron chi connectivity index (χ0n) is 17.9. The fraction of sp³-hybridized carbons (Fsp3) is 0.417. The first-order chi connectivity index (χ1) is 15.1. The van der Waals surface area contributed by atoms with E-state index in [0.717, 1.165) is 55.8 Å². The Balaban J connectivity index is 1.22. The van der Waals surface area contributed by atoms with Gasteiger partial charge in [0.1, 0.15) is 5.69 Å². The van der Waals surface area contributed by atoms with Gasteiger partial charge in [-0.2, -0.15) is 0 Å². The quantitative estimate of drug-likeness (QED) is 0.632. The van der Waals surface area contributed by atoms with Crippen molar-refractivity contribution < 1.29 is 9.59 Å². The number of piperazine rings is 1. The summed E-state index contributed by atoms with van der Waals surface area (Å²) in [5.41, 5.74) is 3.02. The van der Waals surface area contributed by atoms with Gasteiger partial charge in [-0.1, -0.05) is 18.2 Å². The Morgan fingerprint density at radius 3 is 2.48 bits per heavy atom. The minimum Gasteiger partial charge on any atom is -0.368 e. The number of aryl methyl sites for hydroxylation is 1. The average molecular weight is 437 g/mol. The molecule has 0 saturated carbocycles. The topological polar surface area (TPSA) is 48.8 Å². The van der Waals surface area contributed by atoms with E-state index < -0.39 is 0 Å². The third-order valence-corrected chi connectivity index (χ3v) is 7.51. The van der Waals surface area contributed by atoms with Crippen LogP contribution in [0.2, 0.25) is 0 Å². The second-order valence-corrected chi connectivity index (χ2v) is 9.44. The molecular formula is C24H28N4O2S. The fourth-order valence-electron chi connectivity index (χ4n) is 4.86. The van der Waals surface area contributed by atoms with Crippen molar-refractivity contribution in [3.8, 4) is 0 Å². The number of rotatable bonds is 3. The highest BCUT2D eigenvalue weighted by Gasteiger charge is 2.33. The molecule has 162 valence electrons. The molecule has 7 heteroatoms. The second kappa shape index (κ2) is 8.38. The SMILES string of the molecule is Cn1c(C(=O)N2CCC[C@@H](C(=O)N3CCN(c4ccccc4)CC3)C2)cc2sccc21. The van der Waals surface area contributed by atoms with Gasteiger partial charge in [0.2, 0.25) is 5.91 Å². The molecule has 5 rings (SSSR count). The fourth-order valence-corrected chi connectivity index (χ4v) is 5.71. The van der Waals surface area contributed by atoms with Gasteiger partial charge in [-0.15, -0.1) is 11.3 Å². The molecular weight excluding hydrogens is 408 g/mol. The van der Waals surface area contributed by atoms with Gasteiger partial charge in [-0.05, 0) is 42.5 Å². The predicted molar refractivity (Wildman–Crippen MR) is 125 cm³/mol. The van der Waals surface area contributed by atoms with Crippen LogP contribution in [0.25, 0.3) is 10.2 Å². The molecule has 0 unspecified atom stereocenters. The van der Waals surface area contributed by atoms with Gasteiger partial charge in [0.15, 0.2) is 0 Å². The van der Waals surface area contributed by atoms with Crippen molar-refractivity contribution in [1.29, 1.82) is 0 Å². The van der Waals surface area contributed by atoms with Crippen LogP contribution in [0, 0.1) is 5.92 Å². The molecule has 3 aromatic rings. The standard InChI is InChI=1S/C24H28N4O2S/c1-25-20-9-15-31-22(20)16-21(25)24(30)28-10-5-6-18(17-28)23(29)27-13-11-26(12-14-27)19-7-3-2-4-8-19/h2-4,7-9,15-16,18H,5-6,10-14,17H2,1H3/t18-/m1/s1. The van der Waals surface area contributed by atoms with Gasteiger partial charge in [0, 0.05) is 52.0 Å². The van der Waals surface area contributed by atoms with E-state index >= 15 is 0 Å². The number of anilines is 1. The van der Waals surface area contributed by atoms with Crippen LogP contribution in [0.3, 0.4) is 0 Å². The summed E-state index contributed by atoms with van der Waals surface area (Å²) in [6.45, 7) is 4.44. The second-order valence-electron chi connectivity index (χ2n) is 8.50. The lowest BCUT2D eigenvalue weighted by atomic mass is 9.96. The number of amides is 2. The van der Waals surface area contributed by atoms with Gasteiger partial charge in [0.25, 0.3) is 5.91 Å². The van der Waals surface area contributed by atoms with E-state index in [1.54, 1.807) is 11.3 Å². The smallest absolute Gasteiger partial charge is 0.270 e. The van der Waals surface area contributed by atoms with E-state index in [-0.39, 0.29) is 17.7 Å². The molecule has 2 aromatic heterocycles. The van der Waals surface area contributed by atoms with E-state index in [0.29, 0.717) is 12.2 Å². The molecule has 2 aliphatic rings. The number of piperidine rings is 1. The van der Waals surface area contributed by atoms with Crippen molar-refractivity contribution in [1.82, 2.24) is 14.4 Å². The van der Waals surface area contributed by atoms with E-state index in [1.165, 1.54) is 5.69 Å². The largest absolute Gasteiger partial charge is 0.368 e. The Bertz CT molecular complexity index is 1080. The Morgan fingerprint density at radius 2 is 1.74 bits per heavy atom. The Labute approximate surface area is 186 Å². The van der Waals surface area contributed by atoms with Crippen molar-refractivity contribution in [2.45, 2.75) is 12.8 Å². The zero-order valence-corrected chi connectivity index (χ0v) is 18.7. The van der Waals surface area contributed by atoms with Crippen molar-refractivity contribution in [3.63, 3.8) is 0 Å². The maximum Gasteiger partial charge on any atom is 0.270 e. The molecule has 31 heavy (non-hydrogen) atoms. The van der Waals surface area contributed by atoms with Crippen LogP contribution in [-0.4, -0.2) is 65.4 Å². The van der Waals surface area contributed by atoms with E-state index in [4.69, 9.17) is 0 Å². The van der Waals surface area contributed by atoms with Crippen molar-refractivity contribution in [2.24, 2.45) is 13.0 Å². The summed E-state index contributed by atoms with van der Waals surface area (Å²) in [5.74, 6) is 0.151. The van der Waals surface area contributed by atoms with E-state index in [2.05, 4.69) is 35.2 Å². The van der Waals surface area contributed by atoms with Crippen molar-refractivity contribution in [2.75, 3.05) is 44.2 Å². The molecule has 0 N–H and O–H groups in total. The van der Waals surface area contributed by atoms with Crippen LogP contribution in [0.1, 0.15) is 23.3 Å². The molecule has 2 saturated heterocycles. The molecule has 2 fully saturated rings. The van der Waals surface area contributed by atoms with E-state index in [9.17, 15) is 9.59 Å². The highest BCUT2D eigenvalue weighted by Crippen LogP contribution is 2.27. The minimum atomic E-state index is -0.0950. The third kappa shape index (κ3) is 3.83. The van der Waals surface area contributed by atoms with Gasteiger partial charge in [0.05, 0.1) is 16.1 Å². The third-order valence-electron chi connectivity index (χ3n) is 6.65. The van der Waals surface area contributed by atoms with Crippen LogP contribution in [0.15, 0.2) is 47.8 Å².